The zero-order chi connectivity index (χ0) is 10.3. The van der Waals surface area contributed by atoms with E-state index in [0.717, 1.165) is 0 Å². The van der Waals surface area contributed by atoms with Gasteiger partial charge in [0.05, 0.1) is 0 Å². The second-order valence-corrected chi connectivity index (χ2v) is 3.33. The van der Waals surface area contributed by atoms with Crippen LogP contribution in [0, 0.1) is 5.92 Å². The van der Waals surface area contributed by atoms with Crippen molar-refractivity contribution in [2.45, 2.75) is 27.7 Å². The Morgan fingerprint density at radius 3 is 2.46 bits per heavy atom. The number of carbonyl (C=O) groups excluding carboxylic acids is 1. The van der Waals surface area contributed by atoms with Gasteiger partial charge in [-0.2, -0.15) is 0 Å². The molecule has 2 nitrogen and oxygen atoms in total. The van der Waals surface area contributed by atoms with Crippen LogP contribution >= 0.6 is 0 Å². The lowest BCUT2D eigenvalue weighted by molar-refractivity contribution is -0.139. The molecule has 2 heteroatoms. The molecule has 0 aromatic rings. The summed E-state index contributed by atoms with van der Waals surface area (Å²) in [7, 11) is 0. The van der Waals surface area contributed by atoms with Gasteiger partial charge in [-0.25, -0.2) is 0 Å². The minimum Gasteiger partial charge on any atom is -0.462 e. The molecule has 0 rings (SSSR count). The van der Waals surface area contributed by atoms with Crippen molar-refractivity contribution in [3.8, 4) is 0 Å². The summed E-state index contributed by atoms with van der Waals surface area (Å²) in [6.07, 6.45) is 6.05. The highest BCUT2D eigenvalue weighted by Gasteiger charge is 1.91. The Hall–Kier alpha value is -1.05. The topological polar surface area (TPSA) is 26.3 Å². The smallest absolute Gasteiger partial charge is 0.302 e. The van der Waals surface area contributed by atoms with Crippen molar-refractivity contribution < 1.29 is 9.53 Å². The van der Waals surface area contributed by atoms with Gasteiger partial charge in [-0.1, -0.05) is 30.7 Å². The maximum atomic E-state index is 10.4. The molecule has 74 valence electrons. The third-order valence-electron chi connectivity index (χ3n) is 1.42. The van der Waals surface area contributed by atoms with Crippen molar-refractivity contribution in [3.63, 3.8) is 0 Å². The molecular formula is C11H18O2. The van der Waals surface area contributed by atoms with Gasteiger partial charge in [0.2, 0.25) is 0 Å². The number of esters is 1. The lowest BCUT2D eigenvalue weighted by atomic mass is 10.1. The Morgan fingerprint density at radius 1 is 1.38 bits per heavy atom. The molecule has 0 N–H and O–H groups in total. The number of ether oxygens (including phenoxy) is 1. The van der Waals surface area contributed by atoms with Crippen LogP contribution in [0.1, 0.15) is 27.7 Å². The molecule has 0 aromatic heterocycles. The molecule has 0 aliphatic heterocycles. The van der Waals surface area contributed by atoms with Crippen molar-refractivity contribution in [3.05, 3.63) is 23.8 Å². The fraction of sp³-hybridized carbons (Fsp3) is 0.545. The van der Waals surface area contributed by atoms with Gasteiger partial charge >= 0.3 is 5.97 Å². The Labute approximate surface area is 80.3 Å². The molecule has 1 unspecified atom stereocenters. The van der Waals surface area contributed by atoms with Gasteiger partial charge in [0.25, 0.3) is 0 Å². The van der Waals surface area contributed by atoms with Crippen molar-refractivity contribution >= 4 is 5.97 Å². The Morgan fingerprint density at radius 2 is 2.00 bits per heavy atom. The first-order valence-corrected chi connectivity index (χ1v) is 4.47. The van der Waals surface area contributed by atoms with E-state index in [-0.39, 0.29) is 5.97 Å². The first kappa shape index (κ1) is 11.9. The molecule has 0 bridgehead atoms. The van der Waals surface area contributed by atoms with Crippen molar-refractivity contribution in [2.24, 2.45) is 5.92 Å². The van der Waals surface area contributed by atoms with E-state index in [2.05, 4.69) is 26.8 Å². The predicted molar refractivity (Wildman–Crippen MR) is 54.4 cm³/mol. The van der Waals surface area contributed by atoms with Crippen LogP contribution in [-0.4, -0.2) is 12.6 Å². The molecule has 0 spiro atoms. The molecule has 13 heavy (non-hydrogen) atoms. The van der Waals surface area contributed by atoms with Crippen LogP contribution in [0.3, 0.4) is 0 Å². The molecule has 0 aliphatic carbocycles. The van der Waals surface area contributed by atoms with E-state index in [9.17, 15) is 4.79 Å². The quantitative estimate of drug-likeness (QED) is 0.493. The predicted octanol–water partition coefficient (Wildman–Crippen LogP) is 2.71. The monoisotopic (exact) mass is 182 g/mol. The zero-order valence-corrected chi connectivity index (χ0v) is 8.83. The average molecular weight is 182 g/mol. The van der Waals surface area contributed by atoms with Gasteiger partial charge in [-0.05, 0) is 19.8 Å². The number of hydrogen-bond acceptors (Lipinski definition) is 2. The zero-order valence-electron chi connectivity index (χ0n) is 8.83. The lowest BCUT2D eigenvalue weighted by Crippen LogP contribution is -1.97. The average Bonchev–Trinajstić information content (AvgIpc) is 1.96. The highest BCUT2D eigenvalue weighted by Crippen LogP contribution is 2.03. The fourth-order valence-corrected chi connectivity index (χ4v) is 1.02. The van der Waals surface area contributed by atoms with Crippen LogP contribution in [-0.2, 0) is 9.53 Å². The van der Waals surface area contributed by atoms with E-state index >= 15 is 0 Å². The summed E-state index contributed by atoms with van der Waals surface area (Å²) >= 11 is 0. The normalized spacial score (nSPS) is 12.6. The molecular weight excluding hydrogens is 164 g/mol. The number of allylic oxidation sites excluding steroid dienone is 3. The van der Waals surface area contributed by atoms with E-state index in [4.69, 9.17) is 4.74 Å². The maximum absolute atomic E-state index is 10.4. The van der Waals surface area contributed by atoms with E-state index < -0.39 is 0 Å². The minimum absolute atomic E-state index is 0.237. The summed E-state index contributed by atoms with van der Waals surface area (Å²) in [6, 6.07) is 0. The summed E-state index contributed by atoms with van der Waals surface area (Å²) in [5.41, 5.74) is 1.30. The van der Waals surface area contributed by atoms with Crippen LogP contribution < -0.4 is 0 Å². The van der Waals surface area contributed by atoms with Crippen molar-refractivity contribution in [2.75, 3.05) is 6.61 Å². The summed E-state index contributed by atoms with van der Waals surface area (Å²) in [5.74, 6) is 0.167. The molecule has 0 radical (unpaired) electrons. The SMILES string of the molecule is CC(=O)OC/C=C/C(C)C=C(C)C. The summed E-state index contributed by atoms with van der Waals surface area (Å²) < 4.78 is 4.75. The van der Waals surface area contributed by atoms with Gasteiger partial charge < -0.3 is 4.74 Å². The largest absolute Gasteiger partial charge is 0.462 e. The molecule has 0 amide bonds. The van der Waals surface area contributed by atoms with Gasteiger partial charge in [0, 0.05) is 6.92 Å². The maximum Gasteiger partial charge on any atom is 0.302 e. The Kier molecular flexibility index (Phi) is 5.94. The summed E-state index contributed by atoms with van der Waals surface area (Å²) in [6.45, 7) is 8.01. The molecule has 1 atom stereocenters. The molecule has 0 fully saturated rings. The summed E-state index contributed by atoms with van der Waals surface area (Å²) in [5, 5.41) is 0. The van der Waals surface area contributed by atoms with Crippen LogP contribution in [0.25, 0.3) is 0 Å². The van der Waals surface area contributed by atoms with Gasteiger partial charge in [0.1, 0.15) is 6.61 Å². The van der Waals surface area contributed by atoms with E-state index in [0.29, 0.717) is 12.5 Å². The third kappa shape index (κ3) is 8.86. The van der Waals surface area contributed by atoms with Gasteiger partial charge in [-0.15, -0.1) is 0 Å². The second-order valence-electron chi connectivity index (χ2n) is 3.33. The van der Waals surface area contributed by atoms with Crippen LogP contribution in [0.15, 0.2) is 23.8 Å². The van der Waals surface area contributed by atoms with Gasteiger partial charge in [0.15, 0.2) is 0 Å². The van der Waals surface area contributed by atoms with Crippen LogP contribution in [0.2, 0.25) is 0 Å². The Balaban J connectivity index is 3.72. The van der Waals surface area contributed by atoms with Crippen LogP contribution in [0.5, 0.6) is 0 Å². The molecule has 0 aromatic carbocycles. The fourth-order valence-electron chi connectivity index (χ4n) is 1.02. The minimum atomic E-state index is -0.237. The molecule has 0 aliphatic rings. The molecule has 0 heterocycles. The lowest BCUT2D eigenvalue weighted by Gasteiger charge is -1.99. The Bertz CT molecular complexity index is 210. The van der Waals surface area contributed by atoms with E-state index in [1.54, 1.807) is 0 Å². The van der Waals surface area contributed by atoms with Crippen molar-refractivity contribution in [1.29, 1.82) is 0 Å². The van der Waals surface area contributed by atoms with Gasteiger partial charge in [-0.3, -0.25) is 4.79 Å². The molecule has 0 saturated carbocycles. The van der Waals surface area contributed by atoms with E-state index in [1.165, 1.54) is 12.5 Å². The molecule has 0 saturated heterocycles. The van der Waals surface area contributed by atoms with Crippen LogP contribution in [0.4, 0.5) is 0 Å². The standard InChI is InChI=1S/C11H18O2/c1-9(2)8-10(3)6-5-7-13-11(4)12/h5-6,8,10H,7H2,1-4H3/b6-5+. The third-order valence-corrected chi connectivity index (χ3v) is 1.42. The number of carbonyl (C=O) groups is 1. The highest BCUT2D eigenvalue weighted by atomic mass is 16.5. The highest BCUT2D eigenvalue weighted by molar-refractivity contribution is 5.65. The first-order chi connectivity index (χ1) is 6.02. The second kappa shape index (κ2) is 6.46. The number of hydrogen-bond donors (Lipinski definition) is 0. The number of rotatable bonds is 4. The van der Waals surface area contributed by atoms with E-state index in [1.807, 2.05) is 12.2 Å². The van der Waals surface area contributed by atoms with Crippen molar-refractivity contribution in [1.82, 2.24) is 0 Å². The first-order valence-electron chi connectivity index (χ1n) is 4.47. The summed E-state index contributed by atoms with van der Waals surface area (Å²) in [4.78, 5) is 10.4.